The Morgan fingerprint density at radius 1 is 0.943 bits per heavy atom. The maximum atomic E-state index is 13.6. The van der Waals surface area contributed by atoms with E-state index in [1.54, 1.807) is 17.0 Å². The van der Waals surface area contributed by atoms with E-state index >= 15 is 0 Å². The smallest absolute Gasteiger partial charge is 0.366 e. The molecule has 1 saturated heterocycles. The van der Waals surface area contributed by atoms with Crippen LogP contribution in [0.1, 0.15) is 28.8 Å². The first-order valence-electron chi connectivity index (χ1n) is 11.4. The number of pyridine rings is 1. The van der Waals surface area contributed by atoms with Crippen LogP contribution < -0.4 is 15.1 Å². The van der Waals surface area contributed by atoms with Crippen molar-refractivity contribution >= 4 is 40.8 Å². The van der Waals surface area contributed by atoms with Crippen LogP contribution in [0.25, 0.3) is 0 Å². The third-order valence-corrected chi connectivity index (χ3v) is 7.04. The molecule has 0 unspecified atom stereocenters. The average Bonchev–Trinajstić information content (AvgIpc) is 3.01. The molecule has 0 bridgehead atoms. The molecule has 0 amide bonds. The van der Waals surface area contributed by atoms with Gasteiger partial charge in [0.15, 0.2) is 0 Å². The molecule has 2 aliphatic rings. The molecule has 5 rings (SSSR count). The largest absolute Gasteiger partial charge is 0.419 e. The van der Waals surface area contributed by atoms with Gasteiger partial charge >= 0.3 is 6.18 Å². The van der Waals surface area contributed by atoms with Crippen molar-refractivity contribution in [3.8, 4) is 0 Å². The molecule has 184 valence electrons. The van der Waals surface area contributed by atoms with Gasteiger partial charge in [-0.25, -0.2) is 9.97 Å². The highest BCUT2D eigenvalue weighted by Gasteiger charge is 2.36. The summed E-state index contributed by atoms with van der Waals surface area (Å²) in [5, 5.41) is 4.36. The lowest BCUT2D eigenvalue weighted by Crippen LogP contribution is -2.38. The fourth-order valence-electron chi connectivity index (χ4n) is 4.31. The van der Waals surface area contributed by atoms with Crippen LogP contribution in [0.4, 0.5) is 30.8 Å². The van der Waals surface area contributed by atoms with Crippen LogP contribution in [0.15, 0.2) is 36.5 Å². The molecule has 4 heterocycles. The zero-order valence-electron chi connectivity index (χ0n) is 18.7. The summed E-state index contributed by atoms with van der Waals surface area (Å²) in [4.78, 5) is 17.5. The summed E-state index contributed by atoms with van der Waals surface area (Å²) in [5.41, 5.74) is 1.99. The zero-order valence-corrected chi connectivity index (χ0v) is 20.3. The van der Waals surface area contributed by atoms with E-state index in [2.05, 4.69) is 15.2 Å². The van der Waals surface area contributed by atoms with Crippen LogP contribution in [0.5, 0.6) is 0 Å². The number of fused-ring (bicyclic) bond motifs is 1. The zero-order chi connectivity index (χ0) is 24.6. The monoisotopic (exact) mass is 522 g/mol. The van der Waals surface area contributed by atoms with E-state index in [9.17, 15) is 13.2 Å². The molecule has 0 radical (unpaired) electrons. The predicted octanol–water partition coefficient (Wildman–Crippen LogP) is 5.62. The maximum absolute atomic E-state index is 13.6. The SMILES string of the molecule is FC(F)(F)c1cccnc1N1CCc2nc(N3CCC3)nc(NCc3ccc(Cl)c(Cl)c3)c2CC1. The predicted molar refractivity (Wildman–Crippen MR) is 132 cm³/mol. The molecule has 35 heavy (non-hydrogen) atoms. The molecular formula is C24H23Cl2F3N6. The van der Waals surface area contributed by atoms with E-state index in [0.29, 0.717) is 54.3 Å². The van der Waals surface area contributed by atoms with E-state index in [4.69, 9.17) is 33.2 Å². The van der Waals surface area contributed by atoms with Gasteiger partial charge in [-0.3, -0.25) is 0 Å². The summed E-state index contributed by atoms with van der Waals surface area (Å²) >= 11 is 12.2. The summed E-state index contributed by atoms with van der Waals surface area (Å²) < 4.78 is 40.8. The standard InChI is InChI=1S/C24H23Cl2F3N6/c25-18-5-4-15(13-19(18)26)14-31-21-16-6-11-34(22-17(24(27,28)29)3-1-8-30-22)12-7-20(16)32-23(33-21)35-9-2-10-35/h1,3-5,8,13H,2,6-7,9-12,14H2,(H,31,32,33). The Morgan fingerprint density at radius 2 is 1.74 bits per heavy atom. The second-order valence-electron chi connectivity index (χ2n) is 8.60. The Bertz CT molecular complexity index is 1230. The molecule has 11 heteroatoms. The third-order valence-electron chi connectivity index (χ3n) is 6.31. The highest BCUT2D eigenvalue weighted by molar-refractivity contribution is 6.42. The molecule has 0 aliphatic carbocycles. The lowest BCUT2D eigenvalue weighted by Gasteiger charge is -2.31. The average molecular weight is 523 g/mol. The molecule has 1 N–H and O–H groups in total. The van der Waals surface area contributed by atoms with Crippen LogP contribution >= 0.6 is 23.2 Å². The van der Waals surface area contributed by atoms with Gasteiger partial charge in [-0.2, -0.15) is 18.2 Å². The fraction of sp³-hybridized carbons (Fsp3) is 0.375. The van der Waals surface area contributed by atoms with Gasteiger partial charge in [-0.15, -0.1) is 0 Å². The number of nitrogens with zero attached hydrogens (tertiary/aromatic N) is 5. The Hall–Kier alpha value is -2.78. The maximum Gasteiger partial charge on any atom is 0.419 e. The lowest BCUT2D eigenvalue weighted by atomic mass is 10.1. The number of hydrogen-bond donors (Lipinski definition) is 1. The first-order chi connectivity index (χ1) is 16.8. The highest BCUT2D eigenvalue weighted by atomic mass is 35.5. The third kappa shape index (κ3) is 5.11. The van der Waals surface area contributed by atoms with E-state index in [-0.39, 0.29) is 5.82 Å². The first-order valence-corrected chi connectivity index (χ1v) is 12.1. The molecule has 6 nitrogen and oxygen atoms in total. The van der Waals surface area contributed by atoms with E-state index in [0.717, 1.165) is 42.4 Å². The number of halogens is 5. The normalized spacial score (nSPS) is 15.9. The first kappa shape index (κ1) is 23.9. The Labute approximate surface area is 211 Å². The quantitative estimate of drug-likeness (QED) is 0.469. The van der Waals surface area contributed by atoms with E-state index < -0.39 is 11.7 Å². The summed E-state index contributed by atoms with van der Waals surface area (Å²) in [6.07, 6.45) is -1.00. The van der Waals surface area contributed by atoms with Gasteiger partial charge in [0.25, 0.3) is 0 Å². The van der Waals surface area contributed by atoms with Crippen molar-refractivity contribution in [1.82, 2.24) is 15.0 Å². The molecular weight excluding hydrogens is 500 g/mol. The van der Waals surface area contributed by atoms with Crippen molar-refractivity contribution in [2.24, 2.45) is 0 Å². The van der Waals surface area contributed by atoms with Crippen LogP contribution in [-0.2, 0) is 25.6 Å². The van der Waals surface area contributed by atoms with Crippen molar-refractivity contribution in [2.45, 2.75) is 32.0 Å². The van der Waals surface area contributed by atoms with Crippen LogP contribution in [0.3, 0.4) is 0 Å². The van der Waals surface area contributed by atoms with E-state index in [1.807, 2.05) is 6.07 Å². The molecule has 2 aromatic heterocycles. The fourth-order valence-corrected chi connectivity index (χ4v) is 4.63. The summed E-state index contributed by atoms with van der Waals surface area (Å²) in [6.45, 7) is 3.01. The van der Waals surface area contributed by atoms with Crippen molar-refractivity contribution < 1.29 is 13.2 Å². The van der Waals surface area contributed by atoms with Gasteiger partial charge in [0.1, 0.15) is 11.6 Å². The minimum atomic E-state index is -4.47. The number of hydrogen-bond acceptors (Lipinski definition) is 6. The topological polar surface area (TPSA) is 57.2 Å². The molecule has 0 saturated carbocycles. The molecule has 1 fully saturated rings. The van der Waals surface area contributed by atoms with Crippen LogP contribution in [-0.4, -0.2) is 41.1 Å². The Balaban J connectivity index is 1.43. The highest BCUT2D eigenvalue weighted by Crippen LogP contribution is 2.36. The Kier molecular flexibility index (Phi) is 6.63. The number of aromatic nitrogens is 3. The van der Waals surface area contributed by atoms with Crippen molar-refractivity contribution in [2.75, 3.05) is 41.3 Å². The lowest BCUT2D eigenvalue weighted by molar-refractivity contribution is -0.137. The number of alkyl halides is 3. The second kappa shape index (κ2) is 9.70. The number of anilines is 3. The second-order valence-corrected chi connectivity index (χ2v) is 9.41. The van der Waals surface area contributed by atoms with Crippen LogP contribution in [0, 0.1) is 0 Å². The van der Waals surface area contributed by atoms with Gasteiger partial charge in [0, 0.05) is 50.9 Å². The molecule has 1 aromatic carbocycles. The van der Waals surface area contributed by atoms with Crippen molar-refractivity contribution in [1.29, 1.82) is 0 Å². The molecule has 2 aliphatic heterocycles. The molecule has 0 atom stereocenters. The van der Waals surface area contributed by atoms with Crippen molar-refractivity contribution in [3.05, 3.63) is 69.0 Å². The number of rotatable bonds is 5. The number of nitrogens with one attached hydrogen (secondary N) is 1. The summed E-state index contributed by atoms with van der Waals surface area (Å²) in [7, 11) is 0. The van der Waals surface area contributed by atoms with Gasteiger partial charge in [-0.1, -0.05) is 29.3 Å². The molecule has 3 aromatic rings. The van der Waals surface area contributed by atoms with E-state index in [1.165, 1.54) is 12.3 Å². The minimum absolute atomic E-state index is 0.0472. The summed E-state index contributed by atoms with van der Waals surface area (Å²) in [6, 6.07) is 7.82. The molecule has 0 spiro atoms. The van der Waals surface area contributed by atoms with Gasteiger partial charge in [-0.05, 0) is 42.7 Å². The number of benzene rings is 1. The van der Waals surface area contributed by atoms with Gasteiger partial charge in [0.2, 0.25) is 5.95 Å². The van der Waals surface area contributed by atoms with Crippen molar-refractivity contribution in [3.63, 3.8) is 0 Å². The van der Waals surface area contributed by atoms with Gasteiger partial charge < -0.3 is 15.1 Å². The van der Waals surface area contributed by atoms with Crippen LogP contribution in [0.2, 0.25) is 10.0 Å². The summed E-state index contributed by atoms with van der Waals surface area (Å²) in [5.74, 6) is 1.30. The Morgan fingerprint density at radius 3 is 2.46 bits per heavy atom. The van der Waals surface area contributed by atoms with Gasteiger partial charge in [0.05, 0.1) is 21.3 Å². The minimum Gasteiger partial charge on any atom is -0.366 e.